The predicted molar refractivity (Wildman–Crippen MR) is 78.0 cm³/mol. The smallest absolute Gasteiger partial charge is 0.0691 e. The Morgan fingerprint density at radius 1 is 1.39 bits per heavy atom. The second kappa shape index (κ2) is 6.16. The molecular formula is C14H18BrN3. The van der Waals surface area contributed by atoms with Crippen molar-refractivity contribution in [3.8, 4) is 5.69 Å². The molecule has 1 aromatic carbocycles. The molecule has 96 valence electrons. The molecule has 0 aliphatic heterocycles. The minimum Gasteiger partial charge on any atom is -0.313 e. The fraction of sp³-hybridized carbons (Fsp3) is 0.357. The van der Waals surface area contributed by atoms with Crippen LogP contribution < -0.4 is 5.32 Å². The first kappa shape index (κ1) is 13.3. The Balaban J connectivity index is 2.28. The van der Waals surface area contributed by atoms with Gasteiger partial charge >= 0.3 is 0 Å². The summed E-state index contributed by atoms with van der Waals surface area (Å²) in [6.45, 7) is 6.12. The Kier molecular flexibility index (Phi) is 4.55. The summed E-state index contributed by atoms with van der Waals surface area (Å²) >= 11 is 3.53. The van der Waals surface area contributed by atoms with Crippen molar-refractivity contribution < 1.29 is 0 Å². The van der Waals surface area contributed by atoms with Crippen LogP contribution in [0.1, 0.15) is 24.5 Å². The SMILES string of the molecule is CCCNCc1cc(Br)ccc1-n1cc(C)cn1. The summed E-state index contributed by atoms with van der Waals surface area (Å²) < 4.78 is 3.04. The van der Waals surface area contributed by atoms with Crippen molar-refractivity contribution in [2.24, 2.45) is 0 Å². The largest absolute Gasteiger partial charge is 0.313 e. The molecule has 18 heavy (non-hydrogen) atoms. The maximum atomic E-state index is 4.38. The highest BCUT2D eigenvalue weighted by atomic mass is 79.9. The molecule has 1 N–H and O–H groups in total. The lowest BCUT2D eigenvalue weighted by molar-refractivity contribution is 0.670. The third-order valence-corrected chi connectivity index (χ3v) is 3.24. The summed E-state index contributed by atoms with van der Waals surface area (Å²) in [6.07, 6.45) is 5.07. The van der Waals surface area contributed by atoms with Crippen LogP contribution in [-0.4, -0.2) is 16.3 Å². The first-order valence-electron chi connectivity index (χ1n) is 6.21. The van der Waals surface area contributed by atoms with Crippen molar-refractivity contribution >= 4 is 15.9 Å². The van der Waals surface area contributed by atoms with Gasteiger partial charge < -0.3 is 5.32 Å². The van der Waals surface area contributed by atoms with E-state index in [0.717, 1.165) is 29.7 Å². The highest BCUT2D eigenvalue weighted by Crippen LogP contribution is 2.20. The van der Waals surface area contributed by atoms with Crippen molar-refractivity contribution in [3.63, 3.8) is 0 Å². The van der Waals surface area contributed by atoms with Gasteiger partial charge in [-0.05, 0) is 49.2 Å². The fourth-order valence-corrected chi connectivity index (χ4v) is 2.27. The molecule has 1 aromatic heterocycles. The molecule has 0 radical (unpaired) electrons. The van der Waals surface area contributed by atoms with E-state index in [0.29, 0.717) is 0 Å². The highest BCUT2D eigenvalue weighted by molar-refractivity contribution is 9.10. The average molecular weight is 308 g/mol. The van der Waals surface area contributed by atoms with Crippen LogP contribution >= 0.6 is 15.9 Å². The topological polar surface area (TPSA) is 29.9 Å². The van der Waals surface area contributed by atoms with E-state index in [1.54, 1.807) is 0 Å². The van der Waals surface area contributed by atoms with Gasteiger partial charge in [-0.2, -0.15) is 5.10 Å². The van der Waals surface area contributed by atoms with Gasteiger partial charge in [0.15, 0.2) is 0 Å². The second-order valence-corrected chi connectivity index (χ2v) is 5.33. The van der Waals surface area contributed by atoms with Crippen LogP contribution in [0.25, 0.3) is 5.69 Å². The maximum absolute atomic E-state index is 4.38. The molecule has 0 saturated carbocycles. The fourth-order valence-electron chi connectivity index (χ4n) is 1.86. The Labute approximate surface area is 116 Å². The third kappa shape index (κ3) is 3.21. The standard InChI is InChI=1S/C14H18BrN3/c1-3-6-16-9-12-7-13(15)4-5-14(12)18-10-11(2)8-17-18/h4-5,7-8,10,16H,3,6,9H2,1-2H3. The van der Waals surface area contributed by atoms with Crippen molar-refractivity contribution in [1.29, 1.82) is 0 Å². The van der Waals surface area contributed by atoms with Crippen LogP contribution in [0.5, 0.6) is 0 Å². The summed E-state index contributed by atoms with van der Waals surface area (Å²) in [5.41, 5.74) is 3.56. The molecule has 3 nitrogen and oxygen atoms in total. The van der Waals surface area contributed by atoms with Gasteiger partial charge in [-0.1, -0.05) is 22.9 Å². The van der Waals surface area contributed by atoms with Crippen molar-refractivity contribution in [1.82, 2.24) is 15.1 Å². The lowest BCUT2D eigenvalue weighted by Crippen LogP contribution is -2.15. The molecule has 0 bridgehead atoms. The number of nitrogens with one attached hydrogen (secondary N) is 1. The normalized spacial score (nSPS) is 10.8. The van der Waals surface area contributed by atoms with Crippen LogP contribution in [0.15, 0.2) is 35.1 Å². The zero-order chi connectivity index (χ0) is 13.0. The number of nitrogens with zero attached hydrogens (tertiary/aromatic N) is 2. The van der Waals surface area contributed by atoms with Gasteiger partial charge in [0.1, 0.15) is 0 Å². The van der Waals surface area contributed by atoms with E-state index in [2.05, 4.69) is 58.4 Å². The number of aromatic nitrogens is 2. The Morgan fingerprint density at radius 2 is 2.22 bits per heavy atom. The van der Waals surface area contributed by atoms with E-state index in [-0.39, 0.29) is 0 Å². The van der Waals surface area contributed by atoms with Crippen LogP contribution in [0.2, 0.25) is 0 Å². The number of aryl methyl sites for hydroxylation is 1. The molecule has 0 saturated heterocycles. The summed E-state index contributed by atoms with van der Waals surface area (Å²) in [5.74, 6) is 0. The van der Waals surface area contributed by atoms with Gasteiger partial charge in [0, 0.05) is 17.2 Å². The molecule has 0 aliphatic rings. The van der Waals surface area contributed by atoms with E-state index in [4.69, 9.17) is 0 Å². The van der Waals surface area contributed by atoms with E-state index >= 15 is 0 Å². The second-order valence-electron chi connectivity index (χ2n) is 4.41. The van der Waals surface area contributed by atoms with Gasteiger partial charge in [0.25, 0.3) is 0 Å². The molecule has 0 amide bonds. The average Bonchev–Trinajstić information content (AvgIpc) is 2.76. The zero-order valence-electron chi connectivity index (χ0n) is 10.8. The van der Waals surface area contributed by atoms with Crippen molar-refractivity contribution in [3.05, 3.63) is 46.2 Å². The first-order valence-corrected chi connectivity index (χ1v) is 7.01. The molecule has 0 aliphatic carbocycles. The van der Waals surface area contributed by atoms with Crippen LogP contribution in [0.3, 0.4) is 0 Å². The Bertz CT molecular complexity index is 520. The zero-order valence-corrected chi connectivity index (χ0v) is 12.4. The van der Waals surface area contributed by atoms with E-state index < -0.39 is 0 Å². The Hall–Kier alpha value is -1.13. The predicted octanol–water partition coefficient (Wildman–Crippen LogP) is 3.44. The molecule has 1 heterocycles. The molecule has 2 aromatic rings. The lowest BCUT2D eigenvalue weighted by atomic mass is 10.1. The molecule has 0 fully saturated rings. The van der Waals surface area contributed by atoms with Gasteiger partial charge in [0.05, 0.1) is 11.9 Å². The lowest BCUT2D eigenvalue weighted by Gasteiger charge is -2.11. The van der Waals surface area contributed by atoms with E-state index in [1.807, 2.05) is 17.1 Å². The maximum Gasteiger partial charge on any atom is 0.0691 e. The molecular weight excluding hydrogens is 290 g/mol. The third-order valence-electron chi connectivity index (χ3n) is 2.74. The number of benzene rings is 1. The quantitative estimate of drug-likeness (QED) is 0.858. The summed E-state index contributed by atoms with van der Waals surface area (Å²) in [6, 6.07) is 6.30. The summed E-state index contributed by atoms with van der Waals surface area (Å²) in [7, 11) is 0. The number of halogens is 1. The molecule has 0 spiro atoms. The minimum atomic E-state index is 0.863. The Morgan fingerprint density at radius 3 is 2.89 bits per heavy atom. The van der Waals surface area contributed by atoms with Gasteiger partial charge in [-0.15, -0.1) is 0 Å². The number of rotatable bonds is 5. The highest BCUT2D eigenvalue weighted by Gasteiger charge is 2.06. The van der Waals surface area contributed by atoms with Gasteiger partial charge in [-0.25, -0.2) is 4.68 Å². The van der Waals surface area contributed by atoms with Crippen molar-refractivity contribution in [2.75, 3.05) is 6.54 Å². The minimum absolute atomic E-state index is 0.863. The monoisotopic (exact) mass is 307 g/mol. The van der Waals surface area contributed by atoms with E-state index in [1.165, 1.54) is 11.1 Å². The van der Waals surface area contributed by atoms with Crippen molar-refractivity contribution in [2.45, 2.75) is 26.8 Å². The molecule has 4 heteroatoms. The first-order chi connectivity index (χ1) is 8.70. The number of hydrogen-bond acceptors (Lipinski definition) is 2. The van der Waals surface area contributed by atoms with Crippen LogP contribution in [-0.2, 0) is 6.54 Å². The van der Waals surface area contributed by atoms with Crippen LogP contribution in [0, 0.1) is 6.92 Å². The van der Waals surface area contributed by atoms with Crippen LogP contribution in [0.4, 0.5) is 0 Å². The van der Waals surface area contributed by atoms with E-state index in [9.17, 15) is 0 Å². The molecule has 2 rings (SSSR count). The molecule has 0 unspecified atom stereocenters. The number of hydrogen-bond donors (Lipinski definition) is 1. The summed E-state index contributed by atoms with van der Waals surface area (Å²) in [5, 5.41) is 7.81. The summed E-state index contributed by atoms with van der Waals surface area (Å²) in [4.78, 5) is 0. The van der Waals surface area contributed by atoms with Gasteiger partial charge in [0.2, 0.25) is 0 Å². The molecule has 0 atom stereocenters. The van der Waals surface area contributed by atoms with Gasteiger partial charge in [-0.3, -0.25) is 0 Å².